The first kappa shape index (κ1) is 7.41. The van der Waals surface area contributed by atoms with Gasteiger partial charge >= 0.3 is 0 Å². The number of hydrogen-bond acceptors (Lipinski definition) is 0. The maximum Gasteiger partial charge on any atom is -0.0321 e. The lowest BCUT2D eigenvalue weighted by Gasteiger charge is -2.38. The van der Waals surface area contributed by atoms with Gasteiger partial charge in [0.05, 0.1) is 0 Å². The summed E-state index contributed by atoms with van der Waals surface area (Å²) < 4.78 is 0. The molecule has 0 heterocycles. The van der Waals surface area contributed by atoms with Crippen LogP contribution in [-0.4, -0.2) is 0 Å². The highest BCUT2D eigenvalue weighted by molar-refractivity contribution is 4.98. The predicted octanol–water partition coefficient (Wildman–Crippen LogP) is 3.43. The molecule has 3 aliphatic rings. The van der Waals surface area contributed by atoms with Crippen LogP contribution in [0.25, 0.3) is 0 Å². The van der Waals surface area contributed by atoms with Gasteiger partial charge in [0, 0.05) is 0 Å². The zero-order valence-corrected chi connectivity index (χ0v) is 7.84. The lowest BCUT2D eigenvalue weighted by Crippen LogP contribution is -2.28. The Bertz CT molecular complexity index is 155. The molecular formula is C12H19. The van der Waals surface area contributed by atoms with Crippen LogP contribution in [0.1, 0.15) is 44.9 Å². The average molecular weight is 163 g/mol. The Labute approximate surface area is 75.7 Å². The molecule has 1 radical (unpaired) electrons. The van der Waals surface area contributed by atoms with Crippen LogP contribution >= 0.6 is 0 Å². The maximum atomic E-state index is 2.73. The van der Waals surface area contributed by atoms with E-state index >= 15 is 0 Å². The fourth-order valence-electron chi connectivity index (χ4n) is 3.78. The first-order valence-corrected chi connectivity index (χ1v) is 5.77. The Morgan fingerprint density at radius 2 is 1.58 bits per heavy atom. The summed E-state index contributed by atoms with van der Waals surface area (Å²) in [5.41, 5.74) is 0. The normalized spacial score (nSPS) is 52.0. The number of fused-ring (bicyclic) bond motifs is 2. The third-order valence-electron chi connectivity index (χ3n) is 4.53. The molecule has 3 aliphatic carbocycles. The van der Waals surface area contributed by atoms with E-state index in [4.69, 9.17) is 0 Å². The van der Waals surface area contributed by atoms with Crippen LogP contribution in [0.4, 0.5) is 0 Å². The Morgan fingerprint density at radius 3 is 2.58 bits per heavy atom. The van der Waals surface area contributed by atoms with Crippen LogP contribution in [0, 0.1) is 30.1 Å². The van der Waals surface area contributed by atoms with E-state index < -0.39 is 0 Å². The van der Waals surface area contributed by atoms with Crippen molar-refractivity contribution in [1.82, 2.24) is 0 Å². The van der Waals surface area contributed by atoms with E-state index in [0.29, 0.717) is 0 Å². The molecule has 0 saturated heterocycles. The summed E-state index contributed by atoms with van der Waals surface area (Å²) in [4.78, 5) is 0. The van der Waals surface area contributed by atoms with Crippen LogP contribution in [-0.2, 0) is 0 Å². The van der Waals surface area contributed by atoms with E-state index in [9.17, 15) is 0 Å². The van der Waals surface area contributed by atoms with Crippen molar-refractivity contribution in [3.63, 3.8) is 0 Å². The SMILES string of the molecule is [CH]1C2CCC3CCC(CC2)C1C3. The van der Waals surface area contributed by atoms with Crippen LogP contribution in [0.2, 0.25) is 0 Å². The molecule has 0 nitrogen and oxygen atoms in total. The third-order valence-corrected chi connectivity index (χ3v) is 4.53. The maximum absolute atomic E-state index is 2.73. The molecule has 0 aromatic rings. The molecule has 3 fully saturated rings. The van der Waals surface area contributed by atoms with Crippen LogP contribution in [0.15, 0.2) is 0 Å². The Kier molecular flexibility index (Phi) is 1.70. The summed E-state index contributed by atoms with van der Waals surface area (Å²) >= 11 is 0. The zero-order chi connectivity index (χ0) is 7.97. The van der Waals surface area contributed by atoms with E-state index in [2.05, 4.69) is 6.42 Å². The van der Waals surface area contributed by atoms with Gasteiger partial charge in [-0.25, -0.2) is 0 Å². The van der Waals surface area contributed by atoms with Gasteiger partial charge in [0.15, 0.2) is 0 Å². The van der Waals surface area contributed by atoms with Gasteiger partial charge in [-0.15, -0.1) is 0 Å². The van der Waals surface area contributed by atoms with E-state index in [1.807, 2.05) is 0 Å². The molecule has 0 N–H and O–H groups in total. The highest BCUT2D eigenvalue weighted by atomic mass is 14.4. The van der Waals surface area contributed by atoms with Crippen molar-refractivity contribution in [3.05, 3.63) is 6.42 Å². The Balaban J connectivity index is 1.85. The highest BCUT2D eigenvalue weighted by Gasteiger charge is 2.38. The molecule has 0 amide bonds. The quantitative estimate of drug-likeness (QED) is 0.513. The van der Waals surface area contributed by atoms with Crippen LogP contribution < -0.4 is 0 Å². The van der Waals surface area contributed by atoms with Crippen LogP contribution in [0.3, 0.4) is 0 Å². The fraction of sp³-hybridized carbons (Fsp3) is 0.917. The second-order valence-corrected chi connectivity index (χ2v) is 5.21. The minimum absolute atomic E-state index is 1.02. The first-order valence-electron chi connectivity index (χ1n) is 5.77. The summed E-state index contributed by atoms with van der Waals surface area (Å²) in [6, 6.07) is 0. The predicted molar refractivity (Wildman–Crippen MR) is 50.6 cm³/mol. The van der Waals surface area contributed by atoms with E-state index in [-0.39, 0.29) is 0 Å². The van der Waals surface area contributed by atoms with Gasteiger partial charge in [0.2, 0.25) is 0 Å². The smallest absolute Gasteiger partial charge is 0.0321 e. The third kappa shape index (κ3) is 1.11. The zero-order valence-electron chi connectivity index (χ0n) is 7.84. The van der Waals surface area contributed by atoms with Crippen LogP contribution in [0.5, 0.6) is 0 Å². The van der Waals surface area contributed by atoms with Crippen molar-refractivity contribution < 1.29 is 0 Å². The molecule has 3 bridgehead atoms. The Hall–Kier alpha value is 0. The summed E-state index contributed by atoms with van der Waals surface area (Å²) in [7, 11) is 0. The molecule has 4 unspecified atom stereocenters. The second-order valence-electron chi connectivity index (χ2n) is 5.21. The number of rotatable bonds is 0. The molecule has 0 aliphatic heterocycles. The van der Waals surface area contributed by atoms with Crippen molar-refractivity contribution in [1.29, 1.82) is 0 Å². The molecule has 3 saturated carbocycles. The average Bonchev–Trinajstić information content (AvgIpc) is 2.21. The lowest BCUT2D eigenvalue weighted by molar-refractivity contribution is 0.174. The van der Waals surface area contributed by atoms with Gasteiger partial charge in [-0.2, -0.15) is 0 Å². The van der Waals surface area contributed by atoms with Crippen molar-refractivity contribution in [2.24, 2.45) is 23.7 Å². The van der Waals surface area contributed by atoms with Crippen molar-refractivity contribution in [2.45, 2.75) is 44.9 Å². The summed E-state index contributed by atoms with van der Waals surface area (Å²) in [6.07, 6.45) is 13.5. The molecule has 4 atom stereocenters. The molecule has 0 spiro atoms. The topological polar surface area (TPSA) is 0 Å². The minimum Gasteiger partial charge on any atom is -0.0502 e. The molecule has 12 heavy (non-hydrogen) atoms. The van der Waals surface area contributed by atoms with Crippen molar-refractivity contribution in [3.8, 4) is 0 Å². The first-order chi connectivity index (χ1) is 5.92. The molecule has 0 aromatic carbocycles. The fourth-order valence-corrected chi connectivity index (χ4v) is 3.78. The monoisotopic (exact) mass is 163 g/mol. The van der Waals surface area contributed by atoms with E-state index in [1.165, 1.54) is 12.8 Å². The van der Waals surface area contributed by atoms with E-state index in [1.54, 1.807) is 32.1 Å². The minimum atomic E-state index is 1.02. The largest absolute Gasteiger partial charge is 0.0502 e. The highest BCUT2D eigenvalue weighted by Crippen LogP contribution is 2.49. The van der Waals surface area contributed by atoms with Crippen molar-refractivity contribution in [2.75, 3.05) is 0 Å². The van der Waals surface area contributed by atoms with Crippen molar-refractivity contribution >= 4 is 0 Å². The molecule has 67 valence electrons. The second kappa shape index (κ2) is 2.75. The van der Waals surface area contributed by atoms with Gasteiger partial charge in [-0.1, -0.05) is 12.8 Å². The molecule has 0 heteroatoms. The molecule has 3 rings (SSSR count). The standard InChI is InChI=1S/C12H19/c1-2-10-4-6-11-5-3-9(1)7-12(11)8-10/h7,9-12H,1-6,8H2. The Morgan fingerprint density at radius 1 is 0.833 bits per heavy atom. The van der Waals surface area contributed by atoms with Gasteiger partial charge < -0.3 is 0 Å². The van der Waals surface area contributed by atoms with E-state index in [0.717, 1.165) is 23.7 Å². The van der Waals surface area contributed by atoms with Gasteiger partial charge in [0.25, 0.3) is 0 Å². The summed E-state index contributed by atoms with van der Waals surface area (Å²) in [6.45, 7) is 0. The summed E-state index contributed by atoms with van der Waals surface area (Å²) in [5.74, 6) is 4.29. The number of hydrogen-bond donors (Lipinski definition) is 0. The van der Waals surface area contributed by atoms with Gasteiger partial charge in [-0.05, 0) is 62.2 Å². The summed E-state index contributed by atoms with van der Waals surface area (Å²) in [5, 5.41) is 0. The molecule has 0 aromatic heterocycles. The molecular weight excluding hydrogens is 144 g/mol. The van der Waals surface area contributed by atoms with Gasteiger partial charge in [-0.3, -0.25) is 0 Å². The lowest BCUT2D eigenvalue weighted by atomic mass is 9.67. The van der Waals surface area contributed by atoms with Gasteiger partial charge in [0.1, 0.15) is 0 Å².